The molecule has 0 saturated carbocycles. The molecule has 0 aromatic heterocycles. The molecule has 5 nitrogen and oxygen atoms in total. The summed E-state index contributed by atoms with van der Waals surface area (Å²) in [4.78, 5) is 14.0. The van der Waals surface area contributed by atoms with Crippen LogP contribution in [0.3, 0.4) is 0 Å². The highest BCUT2D eigenvalue weighted by Crippen LogP contribution is 2.22. The second kappa shape index (κ2) is 6.77. The molecule has 1 amide bonds. The Morgan fingerprint density at radius 2 is 1.86 bits per heavy atom. The molecule has 0 aliphatic carbocycles. The Hall–Kier alpha value is -1.11. The number of hydrogen-bond acceptors (Lipinski definition) is 3. The minimum absolute atomic E-state index is 0.0244. The van der Waals surface area contributed by atoms with Crippen molar-refractivity contribution in [1.29, 1.82) is 0 Å². The molecule has 116 valence electrons. The van der Waals surface area contributed by atoms with Gasteiger partial charge in [0.05, 0.1) is 12.3 Å². The van der Waals surface area contributed by atoms with Crippen LogP contribution in [-0.2, 0) is 14.8 Å². The number of benzene rings is 1. The van der Waals surface area contributed by atoms with Crippen LogP contribution in [0.1, 0.15) is 30.9 Å². The number of nitrogens with zero attached hydrogens (tertiary/aromatic N) is 1. The first-order valence-corrected chi connectivity index (χ1v) is 9.12. The van der Waals surface area contributed by atoms with E-state index >= 15 is 0 Å². The zero-order chi connectivity index (χ0) is 15.5. The van der Waals surface area contributed by atoms with Crippen LogP contribution < -0.4 is 4.72 Å². The number of amides is 1. The van der Waals surface area contributed by atoms with Gasteiger partial charge >= 0.3 is 0 Å². The van der Waals surface area contributed by atoms with E-state index in [1.165, 1.54) is 0 Å². The molecule has 1 aromatic carbocycles. The molecule has 0 spiro atoms. The Labute approximate surface area is 130 Å². The molecule has 1 aliphatic heterocycles. The fourth-order valence-corrected chi connectivity index (χ4v) is 3.31. The van der Waals surface area contributed by atoms with Crippen LogP contribution in [0.15, 0.2) is 24.3 Å². The van der Waals surface area contributed by atoms with Gasteiger partial charge in [0.1, 0.15) is 0 Å². The summed E-state index contributed by atoms with van der Waals surface area (Å²) < 4.78 is 25.6. The summed E-state index contributed by atoms with van der Waals surface area (Å²) in [6, 6.07) is 6.29. The maximum Gasteiger partial charge on any atom is 0.224 e. The lowest BCUT2D eigenvalue weighted by Crippen LogP contribution is -2.34. The molecule has 1 unspecified atom stereocenters. The van der Waals surface area contributed by atoms with Gasteiger partial charge in [0, 0.05) is 24.5 Å². The maximum atomic E-state index is 12.2. The van der Waals surface area contributed by atoms with Gasteiger partial charge in [-0.3, -0.25) is 4.79 Å². The molecule has 21 heavy (non-hydrogen) atoms. The van der Waals surface area contributed by atoms with Crippen molar-refractivity contribution in [3.8, 4) is 0 Å². The van der Waals surface area contributed by atoms with Crippen LogP contribution in [0.4, 0.5) is 0 Å². The van der Waals surface area contributed by atoms with E-state index in [4.69, 9.17) is 11.6 Å². The SMILES string of the molecule is CS(=O)(=O)NC(CC(=O)N1CCCC1)c1ccc(Cl)cc1. The Morgan fingerprint density at radius 3 is 2.38 bits per heavy atom. The normalized spacial score (nSPS) is 17.0. The standard InChI is InChI=1S/C14H19ClN2O3S/c1-21(19,20)16-13(11-4-6-12(15)7-5-11)10-14(18)17-8-2-3-9-17/h4-7,13,16H,2-3,8-10H2,1H3. The first-order chi connectivity index (χ1) is 9.85. The second-order valence-corrected chi connectivity index (χ2v) is 7.50. The highest BCUT2D eigenvalue weighted by atomic mass is 35.5. The molecule has 1 saturated heterocycles. The van der Waals surface area contributed by atoms with Gasteiger partial charge in [-0.25, -0.2) is 13.1 Å². The highest BCUT2D eigenvalue weighted by molar-refractivity contribution is 7.88. The number of halogens is 1. The topological polar surface area (TPSA) is 66.5 Å². The highest BCUT2D eigenvalue weighted by Gasteiger charge is 2.24. The van der Waals surface area contributed by atoms with Crippen molar-refractivity contribution in [1.82, 2.24) is 9.62 Å². The van der Waals surface area contributed by atoms with E-state index in [1.807, 2.05) is 0 Å². The molecular weight excluding hydrogens is 312 g/mol. The number of nitrogens with one attached hydrogen (secondary N) is 1. The Balaban J connectivity index is 2.15. The van der Waals surface area contributed by atoms with Gasteiger partial charge in [0.25, 0.3) is 0 Å². The van der Waals surface area contributed by atoms with E-state index < -0.39 is 16.1 Å². The first kappa shape index (κ1) is 16.3. The molecule has 1 aromatic rings. The largest absolute Gasteiger partial charge is 0.343 e. The van der Waals surface area contributed by atoms with E-state index in [-0.39, 0.29) is 12.3 Å². The lowest BCUT2D eigenvalue weighted by atomic mass is 10.0. The van der Waals surface area contributed by atoms with Crippen molar-refractivity contribution in [3.05, 3.63) is 34.9 Å². The van der Waals surface area contributed by atoms with Gasteiger partial charge in [0.2, 0.25) is 15.9 Å². The average molecular weight is 331 g/mol. The summed E-state index contributed by atoms with van der Waals surface area (Å²) in [5.41, 5.74) is 0.734. The summed E-state index contributed by atoms with van der Waals surface area (Å²) >= 11 is 5.84. The van der Waals surface area contributed by atoms with Crippen LogP contribution in [0.5, 0.6) is 0 Å². The van der Waals surface area contributed by atoms with Gasteiger partial charge in [0.15, 0.2) is 0 Å². The molecular formula is C14H19ClN2O3S. The summed E-state index contributed by atoms with van der Waals surface area (Å²) in [6.07, 6.45) is 3.23. The number of hydrogen-bond donors (Lipinski definition) is 1. The second-order valence-electron chi connectivity index (χ2n) is 5.29. The van der Waals surface area contributed by atoms with E-state index in [0.717, 1.165) is 37.8 Å². The first-order valence-electron chi connectivity index (χ1n) is 6.86. The molecule has 1 fully saturated rings. The van der Waals surface area contributed by atoms with E-state index in [9.17, 15) is 13.2 Å². The average Bonchev–Trinajstić information content (AvgIpc) is 2.91. The Kier molecular flexibility index (Phi) is 5.24. The van der Waals surface area contributed by atoms with Gasteiger partial charge < -0.3 is 4.90 Å². The summed E-state index contributed by atoms with van der Waals surface area (Å²) in [6.45, 7) is 1.51. The summed E-state index contributed by atoms with van der Waals surface area (Å²) in [5, 5.41) is 0.572. The number of rotatable bonds is 5. The molecule has 0 radical (unpaired) electrons. The van der Waals surface area contributed by atoms with Gasteiger partial charge in [-0.1, -0.05) is 23.7 Å². The Bertz CT molecular complexity index is 595. The molecule has 1 atom stereocenters. The fraction of sp³-hybridized carbons (Fsp3) is 0.500. The van der Waals surface area contributed by atoms with Crippen LogP contribution in [0, 0.1) is 0 Å². The van der Waals surface area contributed by atoms with Gasteiger partial charge in [-0.15, -0.1) is 0 Å². The van der Waals surface area contributed by atoms with Crippen LogP contribution >= 0.6 is 11.6 Å². The predicted octanol–water partition coefficient (Wildman–Crippen LogP) is 1.94. The number of likely N-dealkylation sites (tertiary alicyclic amines) is 1. The third-order valence-electron chi connectivity index (χ3n) is 3.47. The van der Waals surface area contributed by atoms with Gasteiger partial charge in [-0.2, -0.15) is 0 Å². The number of carbonyl (C=O) groups is 1. The summed E-state index contributed by atoms with van der Waals surface area (Å²) in [7, 11) is -3.40. The number of carbonyl (C=O) groups excluding carboxylic acids is 1. The molecule has 0 bridgehead atoms. The van der Waals surface area contributed by atoms with E-state index in [0.29, 0.717) is 5.02 Å². The minimum Gasteiger partial charge on any atom is -0.343 e. The zero-order valence-electron chi connectivity index (χ0n) is 11.9. The lowest BCUT2D eigenvalue weighted by Gasteiger charge is -2.21. The summed E-state index contributed by atoms with van der Waals surface area (Å²) in [5.74, 6) is -0.0244. The van der Waals surface area contributed by atoms with E-state index in [2.05, 4.69) is 4.72 Å². The van der Waals surface area contributed by atoms with Crippen LogP contribution in [0.25, 0.3) is 0 Å². The van der Waals surface area contributed by atoms with E-state index in [1.54, 1.807) is 29.2 Å². The quantitative estimate of drug-likeness (QED) is 0.897. The van der Waals surface area contributed by atoms with Crippen molar-refractivity contribution in [3.63, 3.8) is 0 Å². The molecule has 1 N–H and O–H groups in total. The van der Waals surface area contributed by atoms with Crippen LogP contribution in [-0.4, -0.2) is 38.6 Å². The van der Waals surface area contributed by atoms with Gasteiger partial charge in [-0.05, 0) is 30.5 Å². The monoisotopic (exact) mass is 330 g/mol. The zero-order valence-corrected chi connectivity index (χ0v) is 13.5. The van der Waals surface area contributed by atoms with Crippen molar-refractivity contribution in [2.75, 3.05) is 19.3 Å². The molecule has 1 aliphatic rings. The van der Waals surface area contributed by atoms with Crippen molar-refractivity contribution in [2.24, 2.45) is 0 Å². The molecule has 1 heterocycles. The van der Waals surface area contributed by atoms with Crippen molar-refractivity contribution >= 4 is 27.5 Å². The smallest absolute Gasteiger partial charge is 0.224 e. The van der Waals surface area contributed by atoms with Crippen molar-refractivity contribution < 1.29 is 13.2 Å². The minimum atomic E-state index is -3.40. The molecule has 2 rings (SSSR count). The fourth-order valence-electron chi connectivity index (χ4n) is 2.45. The Morgan fingerprint density at radius 1 is 1.29 bits per heavy atom. The maximum absolute atomic E-state index is 12.2. The molecule has 7 heteroatoms. The lowest BCUT2D eigenvalue weighted by molar-refractivity contribution is -0.130. The van der Waals surface area contributed by atoms with Crippen molar-refractivity contribution in [2.45, 2.75) is 25.3 Å². The predicted molar refractivity (Wildman–Crippen MR) is 82.6 cm³/mol. The number of sulfonamides is 1. The van der Waals surface area contributed by atoms with Crippen LogP contribution in [0.2, 0.25) is 5.02 Å². The third kappa shape index (κ3) is 4.98. The third-order valence-corrected chi connectivity index (χ3v) is 4.43.